The van der Waals surface area contributed by atoms with Gasteiger partial charge >= 0.3 is 5.97 Å². The van der Waals surface area contributed by atoms with Crippen LogP contribution in [-0.2, 0) is 14.4 Å². The molecule has 0 amide bonds. The Balaban J connectivity index is 2.01. The second-order valence-electron chi connectivity index (χ2n) is 7.30. The molecule has 2 fully saturated rings. The van der Waals surface area contributed by atoms with Crippen LogP contribution in [0.4, 0.5) is 5.69 Å². The molecule has 0 aliphatic heterocycles. The van der Waals surface area contributed by atoms with Gasteiger partial charge < -0.3 is 4.84 Å². The van der Waals surface area contributed by atoms with Crippen molar-refractivity contribution in [1.29, 1.82) is 0 Å². The number of allylic oxidation sites excluding steroid dienone is 1. The summed E-state index contributed by atoms with van der Waals surface area (Å²) in [7, 11) is 0. The number of Topliss-reactive ketones (excluding diaryl/α,β-unsaturated/α-hetero) is 1. The van der Waals surface area contributed by atoms with E-state index >= 15 is 0 Å². The number of rotatable bonds is 3. The third-order valence-electron chi connectivity index (χ3n) is 5.86. The molecule has 2 aliphatic rings. The molecule has 0 N–H and O–H groups in total. The number of hydroxylamine groups is 1. The van der Waals surface area contributed by atoms with E-state index in [0.717, 1.165) is 24.1 Å². The number of nitrogens with zero attached hydrogens (tertiary/aromatic N) is 1. The lowest BCUT2D eigenvalue weighted by Crippen LogP contribution is -2.32. The minimum Gasteiger partial charge on any atom is -0.337 e. The Morgan fingerprint density at radius 3 is 2.43 bits per heavy atom. The predicted molar refractivity (Wildman–Crippen MR) is 88.4 cm³/mol. The Kier molecular flexibility index (Phi) is 3.58. The maximum Gasteiger partial charge on any atom is 0.329 e. The van der Waals surface area contributed by atoms with Gasteiger partial charge in [0.2, 0.25) is 0 Å². The fraction of sp³-hybridized carbons (Fsp3) is 0.474. The van der Waals surface area contributed by atoms with E-state index in [-0.39, 0.29) is 22.5 Å². The molecule has 0 unspecified atom stereocenters. The minimum atomic E-state index is -0.410. The van der Waals surface area contributed by atoms with E-state index in [2.05, 4.69) is 20.8 Å². The highest BCUT2D eigenvalue weighted by atomic mass is 16.7. The van der Waals surface area contributed by atoms with E-state index in [4.69, 9.17) is 4.84 Å². The van der Waals surface area contributed by atoms with E-state index in [1.807, 2.05) is 30.3 Å². The van der Waals surface area contributed by atoms with Gasteiger partial charge in [-0.05, 0) is 36.3 Å². The number of ketones is 1. The van der Waals surface area contributed by atoms with Crippen molar-refractivity contribution in [3.63, 3.8) is 0 Å². The lowest BCUT2D eigenvalue weighted by Gasteiger charge is -2.31. The van der Waals surface area contributed by atoms with Gasteiger partial charge in [-0.1, -0.05) is 39.0 Å². The Morgan fingerprint density at radius 2 is 1.91 bits per heavy atom. The monoisotopic (exact) mass is 313 g/mol. The smallest absolute Gasteiger partial charge is 0.329 e. The third kappa shape index (κ3) is 2.28. The number of carbonyl (C=O) groups excluding carboxylic acids is 2. The van der Waals surface area contributed by atoms with Gasteiger partial charge in [0.05, 0.1) is 11.9 Å². The fourth-order valence-electron chi connectivity index (χ4n) is 4.07. The van der Waals surface area contributed by atoms with E-state index in [1.54, 1.807) is 6.20 Å². The third-order valence-corrected chi connectivity index (χ3v) is 5.86. The molecule has 1 aromatic rings. The van der Waals surface area contributed by atoms with Crippen LogP contribution >= 0.6 is 0 Å². The number of carbonyl (C=O) groups is 2. The minimum absolute atomic E-state index is 0.0610. The van der Waals surface area contributed by atoms with Crippen molar-refractivity contribution in [2.45, 2.75) is 40.5 Å². The van der Waals surface area contributed by atoms with Crippen LogP contribution in [0, 0.1) is 16.7 Å². The van der Waals surface area contributed by atoms with Gasteiger partial charge in [0.25, 0.3) is 0 Å². The highest BCUT2D eigenvalue weighted by molar-refractivity contribution is 6.05. The van der Waals surface area contributed by atoms with Gasteiger partial charge in [-0.2, -0.15) is 5.06 Å². The maximum absolute atomic E-state index is 12.9. The molecule has 0 aromatic heterocycles. The highest BCUT2D eigenvalue weighted by Crippen LogP contribution is 2.65. The zero-order chi connectivity index (χ0) is 16.8. The van der Waals surface area contributed by atoms with Gasteiger partial charge in [0, 0.05) is 17.9 Å². The first kappa shape index (κ1) is 15.8. The van der Waals surface area contributed by atoms with Crippen molar-refractivity contribution in [3.8, 4) is 0 Å². The normalized spacial score (nSPS) is 29.8. The van der Waals surface area contributed by atoms with Crippen molar-refractivity contribution in [1.82, 2.24) is 0 Å². The van der Waals surface area contributed by atoms with Gasteiger partial charge in [-0.3, -0.25) is 4.79 Å². The van der Waals surface area contributed by atoms with Crippen LogP contribution in [-0.4, -0.2) is 11.8 Å². The molecule has 4 heteroatoms. The molecule has 122 valence electrons. The van der Waals surface area contributed by atoms with E-state index < -0.39 is 5.97 Å². The summed E-state index contributed by atoms with van der Waals surface area (Å²) >= 11 is 0. The molecule has 2 aliphatic carbocycles. The Labute approximate surface area is 137 Å². The molecule has 3 rings (SSSR count). The largest absolute Gasteiger partial charge is 0.337 e. The van der Waals surface area contributed by atoms with Gasteiger partial charge in [0.15, 0.2) is 5.78 Å². The average molecular weight is 313 g/mol. The molecule has 1 aromatic carbocycles. The van der Waals surface area contributed by atoms with Crippen LogP contribution in [0.3, 0.4) is 0 Å². The summed E-state index contributed by atoms with van der Waals surface area (Å²) < 4.78 is 0. The first-order chi connectivity index (χ1) is 10.8. The summed E-state index contributed by atoms with van der Waals surface area (Å²) in [5.41, 5.74) is 1.12. The van der Waals surface area contributed by atoms with Crippen molar-refractivity contribution >= 4 is 17.4 Å². The first-order valence-corrected chi connectivity index (χ1v) is 8.07. The van der Waals surface area contributed by atoms with Crippen LogP contribution in [0.25, 0.3) is 0 Å². The molecule has 2 atom stereocenters. The van der Waals surface area contributed by atoms with E-state index in [0.29, 0.717) is 0 Å². The first-order valence-electron chi connectivity index (χ1n) is 8.07. The zero-order valence-electron chi connectivity index (χ0n) is 14.1. The molecule has 0 heterocycles. The summed E-state index contributed by atoms with van der Waals surface area (Å²) in [6, 6.07) is 9.35. The van der Waals surface area contributed by atoms with Crippen LogP contribution in [0.15, 0.2) is 42.1 Å². The van der Waals surface area contributed by atoms with E-state index in [1.165, 1.54) is 12.0 Å². The van der Waals surface area contributed by atoms with Gasteiger partial charge in [0.1, 0.15) is 0 Å². The number of anilines is 1. The molecule has 2 saturated carbocycles. The fourth-order valence-corrected chi connectivity index (χ4v) is 4.07. The lowest BCUT2D eigenvalue weighted by molar-refractivity contribution is -0.141. The topological polar surface area (TPSA) is 46.6 Å². The number of hydrogen-bond donors (Lipinski definition) is 0. The van der Waals surface area contributed by atoms with Crippen LogP contribution < -0.4 is 5.06 Å². The van der Waals surface area contributed by atoms with E-state index in [9.17, 15) is 9.59 Å². The Hall–Kier alpha value is -2.10. The summed E-state index contributed by atoms with van der Waals surface area (Å²) in [6.07, 6.45) is 3.65. The second-order valence-corrected chi connectivity index (χ2v) is 7.30. The second kappa shape index (κ2) is 5.22. The van der Waals surface area contributed by atoms with Crippen molar-refractivity contribution in [3.05, 3.63) is 42.1 Å². The molecule has 23 heavy (non-hydrogen) atoms. The highest BCUT2D eigenvalue weighted by Gasteiger charge is 2.64. The van der Waals surface area contributed by atoms with Crippen LogP contribution in [0.5, 0.6) is 0 Å². The number of benzene rings is 1. The summed E-state index contributed by atoms with van der Waals surface area (Å²) in [6.45, 7) is 7.77. The van der Waals surface area contributed by atoms with Crippen molar-refractivity contribution < 1.29 is 14.4 Å². The molecule has 2 bridgehead atoms. The van der Waals surface area contributed by atoms with Crippen LogP contribution in [0.1, 0.15) is 40.5 Å². The Morgan fingerprint density at radius 1 is 1.26 bits per heavy atom. The summed E-state index contributed by atoms with van der Waals surface area (Å²) in [4.78, 5) is 29.7. The van der Waals surface area contributed by atoms with Crippen LogP contribution in [0.2, 0.25) is 0 Å². The number of para-hydroxylation sites is 1. The molecule has 0 spiro atoms. The molecular weight excluding hydrogens is 290 g/mol. The average Bonchev–Trinajstić information content (AvgIpc) is 2.81. The van der Waals surface area contributed by atoms with Crippen molar-refractivity contribution in [2.75, 3.05) is 5.06 Å². The Bertz CT molecular complexity index is 677. The summed E-state index contributed by atoms with van der Waals surface area (Å²) in [5, 5.41) is 1.43. The maximum atomic E-state index is 12.9. The van der Waals surface area contributed by atoms with Gasteiger partial charge in [-0.25, -0.2) is 4.79 Å². The predicted octanol–water partition coefficient (Wildman–Crippen LogP) is 3.88. The molecule has 0 saturated heterocycles. The quantitative estimate of drug-likeness (QED) is 0.627. The molecule has 4 nitrogen and oxygen atoms in total. The summed E-state index contributed by atoms with van der Waals surface area (Å²) in [5.74, 6) is -0.0135. The standard InChI is InChI=1S/C19H23NO3/c1-13(21)23-20(14-8-6-5-7-9-14)12-15-16-10-11-19(4,17(15)22)18(16,2)3/h5-9,12,16H,10-11H2,1-4H3/b15-12-/t16-,19+/m1/s1. The number of hydrogen-bond acceptors (Lipinski definition) is 4. The zero-order valence-corrected chi connectivity index (χ0v) is 14.1. The molecular formula is C19H23NO3. The van der Waals surface area contributed by atoms with Gasteiger partial charge in [-0.15, -0.1) is 0 Å². The SMILES string of the molecule is CC(=O)ON(/C=C1\C(=O)[C@]2(C)CC[C@H]1C2(C)C)c1ccccc1. The van der Waals surface area contributed by atoms with Crippen molar-refractivity contribution in [2.24, 2.45) is 16.7 Å². The lowest BCUT2D eigenvalue weighted by atomic mass is 9.70. The number of fused-ring (bicyclic) bond motifs is 2. The molecule has 0 radical (unpaired) electrons.